The average molecular weight is 331 g/mol. The van der Waals surface area contributed by atoms with Crippen molar-refractivity contribution in [1.82, 2.24) is 0 Å². The third-order valence-electron chi connectivity index (χ3n) is 4.88. The summed E-state index contributed by atoms with van der Waals surface area (Å²) >= 11 is 0. The lowest BCUT2D eigenvalue weighted by Crippen LogP contribution is -2.08. The smallest absolute Gasteiger partial charge is 0.0249 e. The van der Waals surface area contributed by atoms with Gasteiger partial charge in [0.2, 0.25) is 0 Å². The molecule has 0 spiro atoms. The second-order valence-electron chi connectivity index (χ2n) is 7.79. The zero-order chi connectivity index (χ0) is 18.4. The molecule has 0 radical (unpaired) electrons. The number of rotatable bonds is 3. The van der Waals surface area contributed by atoms with Crippen LogP contribution in [-0.2, 0) is 12.8 Å². The molecule has 2 rings (SSSR count). The van der Waals surface area contributed by atoms with Gasteiger partial charge in [-0.1, -0.05) is 81.5 Å². The molecule has 0 aliphatic carbocycles. The third-order valence-corrected chi connectivity index (χ3v) is 4.88. The van der Waals surface area contributed by atoms with Crippen molar-refractivity contribution in [3.63, 3.8) is 0 Å². The second kappa shape index (κ2) is 8.21. The highest BCUT2D eigenvalue weighted by molar-refractivity contribution is 5.43. The fraction of sp³-hybridized carbons (Fsp3) is 0.360. The molecule has 130 valence electrons. The monoisotopic (exact) mass is 330 g/mol. The molecule has 2 aromatic carbocycles. The van der Waals surface area contributed by atoms with Crippen molar-refractivity contribution in [3.05, 3.63) is 81.9 Å². The van der Waals surface area contributed by atoms with Crippen molar-refractivity contribution in [2.75, 3.05) is 0 Å². The first-order chi connectivity index (χ1) is 11.8. The van der Waals surface area contributed by atoms with Gasteiger partial charge in [0.05, 0.1) is 0 Å². The van der Waals surface area contributed by atoms with Gasteiger partial charge in [-0.2, -0.15) is 0 Å². The fourth-order valence-corrected chi connectivity index (χ4v) is 2.66. The Balaban J connectivity index is 2.09. The molecule has 0 unspecified atom stereocenters. The maximum Gasteiger partial charge on any atom is 0.0249 e. The lowest BCUT2D eigenvalue weighted by Gasteiger charge is -2.20. The van der Waals surface area contributed by atoms with Gasteiger partial charge < -0.3 is 0 Å². The van der Waals surface area contributed by atoms with E-state index < -0.39 is 0 Å². The zero-order valence-corrected chi connectivity index (χ0v) is 16.5. The number of allylic oxidation sites excluding steroid dienone is 2. The van der Waals surface area contributed by atoms with Gasteiger partial charge >= 0.3 is 0 Å². The van der Waals surface area contributed by atoms with Crippen molar-refractivity contribution in [1.29, 1.82) is 0 Å². The van der Waals surface area contributed by atoms with Gasteiger partial charge in [-0.15, -0.1) is 0 Å². The summed E-state index contributed by atoms with van der Waals surface area (Å²) in [5.41, 5.74) is 7.86. The van der Waals surface area contributed by atoms with Gasteiger partial charge in [0.1, 0.15) is 0 Å². The minimum atomic E-state index is 0.177. The van der Waals surface area contributed by atoms with E-state index in [1.807, 2.05) is 0 Å². The third kappa shape index (κ3) is 5.64. The number of hydrogen-bond donors (Lipinski definition) is 0. The lowest BCUT2D eigenvalue weighted by molar-refractivity contribution is 0.500. The summed E-state index contributed by atoms with van der Waals surface area (Å²) < 4.78 is 0. The first kappa shape index (κ1) is 19.1. The van der Waals surface area contributed by atoms with E-state index in [1.54, 1.807) is 0 Å². The normalized spacial score (nSPS) is 12.2. The average Bonchev–Trinajstić information content (AvgIpc) is 2.60. The Bertz CT molecular complexity index is 782. The molecule has 25 heavy (non-hydrogen) atoms. The zero-order valence-electron chi connectivity index (χ0n) is 16.5. The van der Waals surface area contributed by atoms with Crippen LogP contribution in [0.5, 0.6) is 0 Å². The van der Waals surface area contributed by atoms with E-state index in [0.29, 0.717) is 0 Å². The predicted molar refractivity (Wildman–Crippen MR) is 110 cm³/mol. The molecular formula is C25H30. The van der Waals surface area contributed by atoms with Crippen LogP contribution in [0, 0.1) is 17.3 Å². The Labute approximate surface area is 154 Å². The Morgan fingerprint density at radius 1 is 0.800 bits per heavy atom. The minimum absolute atomic E-state index is 0.177. The van der Waals surface area contributed by atoms with E-state index in [0.717, 1.165) is 18.4 Å². The summed E-state index contributed by atoms with van der Waals surface area (Å²) in [5.74, 6) is 6.61. The summed E-state index contributed by atoms with van der Waals surface area (Å²) in [6, 6.07) is 17.5. The van der Waals surface area contributed by atoms with Crippen molar-refractivity contribution < 1.29 is 0 Å². The van der Waals surface area contributed by atoms with E-state index in [9.17, 15) is 0 Å². The number of benzene rings is 2. The first-order valence-corrected chi connectivity index (χ1v) is 9.16. The number of aryl methyl sites for hydroxylation is 1. The highest BCUT2D eigenvalue weighted by Gasteiger charge is 2.14. The van der Waals surface area contributed by atoms with Crippen LogP contribution in [0.15, 0.2) is 59.7 Å². The molecule has 0 fully saturated rings. The maximum atomic E-state index is 3.32. The summed E-state index contributed by atoms with van der Waals surface area (Å²) in [6.45, 7) is 13.2. The predicted octanol–water partition coefficient (Wildman–Crippen LogP) is 6.57. The van der Waals surface area contributed by atoms with E-state index in [-0.39, 0.29) is 5.41 Å². The molecule has 0 bridgehead atoms. The molecule has 0 atom stereocenters. The maximum absolute atomic E-state index is 3.32. The lowest BCUT2D eigenvalue weighted by atomic mass is 9.85. The molecule has 0 saturated heterocycles. The van der Waals surface area contributed by atoms with Crippen LogP contribution in [0.4, 0.5) is 0 Å². The van der Waals surface area contributed by atoms with Gasteiger partial charge in [0.15, 0.2) is 0 Å². The molecule has 0 N–H and O–H groups in total. The van der Waals surface area contributed by atoms with E-state index >= 15 is 0 Å². The standard InChI is InChI=1S/C25H30/c1-7-21-10-14-23(15-11-21)18-24-16-12-22(13-17-24)9-8-19(2)20(3)25(4,5)6/h10-17H,7,18H2,1-6H3/b20-19+. The molecule has 0 aliphatic rings. The van der Waals surface area contributed by atoms with E-state index in [1.165, 1.54) is 27.8 Å². The second-order valence-corrected chi connectivity index (χ2v) is 7.79. The molecule has 2 aromatic rings. The van der Waals surface area contributed by atoms with Crippen molar-refractivity contribution in [2.24, 2.45) is 5.41 Å². The molecular weight excluding hydrogens is 300 g/mol. The van der Waals surface area contributed by atoms with E-state index in [2.05, 4.69) is 102 Å². The summed E-state index contributed by atoms with van der Waals surface area (Å²) in [7, 11) is 0. The first-order valence-electron chi connectivity index (χ1n) is 9.16. The topological polar surface area (TPSA) is 0 Å². The largest absolute Gasteiger partial charge is 0.0664 e. The van der Waals surface area contributed by atoms with Gasteiger partial charge in [0.25, 0.3) is 0 Å². The highest BCUT2D eigenvalue weighted by atomic mass is 14.2. The SMILES string of the molecule is CCc1ccc(Cc2ccc(C#C/C(C)=C(\C)C(C)(C)C)cc2)cc1. The Morgan fingerprint density at radius 3 is 1.76 bits per heavy atom. The van der Waals surface area contributed by atoms with Gasteiger partial charge in [0, 0.05) is 5.56 Å². The Kier molecular flexibility index (Phi) is 6.27. The Hall–Kier alpha value is -2.26. The molecule has 0 heteroatoms. The van der Waals surface area contributed by atoms with Crippen molar-refractivity contribution >= 4 is 0 Å². The highest BCUT2D eigenvalue weighted by Crippen LogP contribution is 2.26. The quantitative estimate of drug-likeness (QED) is 0.558. The minimum Gasteiger partial charge on any atom is -0.0664 e. The van der Waals surface area contributed by atoms with Crippen LogP contribution < -0.4 is 0 Å². The fourth-order valence-electron chi connectivity index (χ4n) is 2.66. The van der Waals surface area contributed by atoms with E-state index in [4.69, 9.17) is 0 Å². The van der Waals surface area contributed by atoms with Crippen LogP contribution in [0.25, 0.3) is 0 Å². The molecule has 0 nitrogen and oxygen atoms in total. The van der Waals surface area contributed by atoms with Gasteiger partial charge in [-0.3, -0.25) is 0 Å². The molecule has 0 amide bonds. The molecule has 0 aromatic heterocycles. The van der Waals surface area contributed by atoms with Crippen molar-refractivity contribution in [2.45, 2.75) is 54.4 Å². The summed E-state index contributed by atoms with van der Waals surface area (Å²) in [6.07, 6.45) is 2.07. The molecule has 0 heterocycles. The Morgan fingerprint density at radius 2 is 1.28 bits per heavy atom. The van der Waals surface area contributed by atoms with Crippen LogP contribution in [0.3, 0.4) is 0 Å². The van der Waals surface area contributed by atoms with Crippen LogP contribution in [0.2, 0.25) is 0 Å². The summed E-state index contributed by atoms with van der Waals surface area (Å²) in [5, 5.41) is 0. The van der Waals surface area contributed by atoms with Crippen LogP contribution in [0.1, 0.15) is 63.8 Å². The number of hydrogen-bond acceptors (Lipinski definition) is 0. The van der Waals surface area contributed by atoms with Crippen molar-refractivity contribution in [3.8, 4) is 11.8 Å². The van der Waals surface area contributed by atoms with Crippen LogP contribution in [-0.4, -0.2) is 0 Å². The van der Waals surface area contributed by atoms with Crippen LogP contribution >= 0.6 is 0 Å². The summed E-state index contributed by atoms with van der Waals surface area (Å²) in [4.78, 5) is 0. The van der Waals surface area contributed by atoms with Gasteiger partial charge in [-0.05, 0) is 66.5 Å². The molecule has 0 saturated carbocycles. The molecule has 0 aliphatic heterocycles. The van der Waals surface area contributed by atoms with Gasteiger partial charge in [-0.25, -0.2) is 0 Å².